The maximum absolute atomic E-state index is 12.5. The minimum atomic E-state index is -0.0314. The summed E-state index contributed by atoms with van der Waals surface area (Å²) in [6.45, 7) is 9.12. The van der Waals surface area contributed by atoms with Gasteiger partial charge in [0.15, 0.2) is 0 Å². The van der Waals surface area contributed by atoms with Gasteiger partial charge in [-0.2, -0.15) is 0 Å². The number of rotatable bonds is 6. The van der Waals surface area contributed by atoms with Crippen molar-refractivity contribution in [1.29, 1.82) is 0 Å². The van der Waals surface area contributed by atoms with Crippen LogP contribution in [0.1, 0.15) is 37.6 Å². The van der Waals surface area contributed by atoms with Crippen molar-refractivity contribution in [2.75, 3.05) is 17.2 Å². The molecule has 0 saturated carbocycles. The molecule has 0 atom stereocenters. The van der Waals surface area contributed by atoms with Gasteiger partial charge in [-0.05, 0) is 35.6 Å². The second-order valence-corrected chi connectivity index (χ2v) is 10.1. The number of thiophene rings is 1. The largest absolute Gasteiger partial charge is 0.369 e. The summed E-state index contributed by atoms with van der Waals surface area (Å²) in [5.74, 6) is 0.733. The van der Waals surface area contributed by atoms with Crippen LogP contribution in [-0.4, -0.2) is 22.4 Å². The third-order valence-electron chi connectivity index (χ3n) is 5.41. The molecule has 0 spiro atoms. The molecule has 5 nitrogen and oxygen atoms in total. The summed E-state index contributed by atoms with van der Waals surface area (Å²) in [6.07, 6.45) is 1.92. The summed E-state index contributed by atoms with van der Waals surface area (Å²) < 4.78 is 0. The zero-order valence-electron chi connectivity index (χ0n) is 18.9. The van der Waals surface area contributed by atoms with E-state index in [1.54, 1.807) is 17.7 Å². The van der Waals surface area contributed by atoms with Crippen LogP contribution in [-0.2, 0) is 10.2 Å². The Kier molecular flexibility index (Phi) is 6.24. The lowest BCUT2D eigenvalue weighted by molar-refractivity contribution is -0.115. The number of amides is 1. The maximum atomic E-state index is 12.5. The Labute approximate surface area is 192 Å². The number of nitrogens with one attached hydrogen (secondary N) is 2. The molecule has 2 aromatic carbocycles. The van der Waals surface area contributed by atoms with Gasteiger partial charge in [0.1, 0.15) is 17.0 Å². The number of carbonyl (C=O) groups is 1. The first-order valence-corrected chi connectivity index (χ1v) is 11.6. The highest BCUT2D eigenvalue weighted by Crippen LogP contribution is 2.40. The summed E-state index contributed by atoms with van der Waals surface area (Å²) in [6, 6.07) is 18.3. The molecule has 2 heterocycles. The number of anilines is 2. The molecule has 0 aliphatic rings. The van der Waals surface area contributed by atoms with Crippen LogP contribution in [0, 0.1) is 6.92 Å². The van der Waals surface area contributed by atoms with E-state index in [1.165, 1.54) is 10.4 Å². The van der Waals surface area contributed by atoms with E-state index in [1.807, 2.05) is 30.3 Å². The van der Waals surface area contributed by atoms with Gasteiger partial charge in [-0.15, -0.1) is 11.3 Å². The fraction of sp³-hybridized carbons (Fsp3) is 0.269. The normalized spacial score (nSPS) is 11.5. The van der Waals surface area contributed by atoms with Crippen molar-refractivity contribution in [3.63, 3.8) is 0 Å². The van der Waals surface area contributed by atoms with Gasteiger partial charge in [0.25, 0.3) is 0 Å². The van der Waals surface area contributed by atoms with Gasteiger partial charge in [-0.25, -0.2) is 9.97 Å². The Morgan fingerprint density at radius 1 is 1.00 bits per heavy atom. The summed E-state index contributed by atoms with van der Waals surface area (Å²) in [7, 11) is 0. The lowest BCUT2D eigenvalue weighted by atomic mass is 9.87. The Hall–Kier alpha value is -3.25. The molecule has 0 fully saturated rings. The van der Waals surface area contributed by atoms with Gasteiger partial charge < -0.3 is 10.6 Å². The Morgan fingerprint density at radius 2 is 1.72 bits per heavy atom. The molecular formula is C26H28N4OS. The molecule has 0 unspecified atom stereocenters. The number of benzene rings is 2. The van der Waals surface area contributed by atoms with Crippen molar-refractivity contribution in [2.45, 2.75) is 39.5 Å². The average Bonchev–Trinajstić information content (AvgIpc) is 3.10. The molecule has 0 aliphatic carbocycles. The molecule has 164 valence electrons. The van der Waals surface area contributed by atoms with Crippen LogP contribution < -0.4 is 10.6 Å². The monoisotopic (exact) mass is 444 g/mol. The fourth-order valence-electron chi connectivity index (χ4n) is 3.70. The second-order valence-electron chi connectivity index (χ2n) is 8.85. The molecule has 2 aromatic heterocycles. The summed E-state index contributed by atoms with van der Waals surface area (Å²) >= 11 is 1.66. The first-order valence-electron chi connectivity index (χ1n) is 10.8. The molecule has 0 saturated heterocycles. The third-order valence-corrected chi connectivity index (χ3v) is 6.42. The Balaban J connectivity index is 1.44. The van der Waals surface area contributed by atoms with Crippen molar-refractivity contribution in [1.82, 2.24) is 9.97 Å². The maximum Gasteiger partial charge on any atom is 0.226 e. The van der Waals surface area contributed by atoms with Gasteiger partial charge in [0.2, 0.25) is 5.91 Å². The first kappa shape index (κ1) is 22.0. The lowest BCUT2D eigenvalue weighted by Gasteiger charge is -2.19. The molecule has 0 bridgehead atoms. The summed E-state index contributed by atoms with van der Waals surface area (Å²) in [5.41, 5.74) is 4.44. The van der Waals surface area contributed by atoms with E-state index in [4.69, 9.17) is 0 Å². The minimum absolute atomic E-state index is 0.0314. The smallest absolute Gasteiger partial charge is 0.226 e. The topological polar surface area (TPSA) is 66.9 Å². The van der Waals surface area contributed by atoms with Gasteiger partial charge in [-0.3, -0.25) is 4.79 Å². The van der Waals surface area contributed by atoms with Gasteiger partial charge in [0, 0.05) is 29.1 Å². The highest BCUT2D eigenvalue weighted by Gasteiger charge is 2.17. The van der Waals surface area contributed by atoms with Crippen LogP contribution in [0.15, 0.2) is 60.9 Å². The molecule has 1 amide bonds. The van der Waals surface area contributed by atoms with Crippen molar-refractivity contribution in [3.8, 4) is 11.1 Å². The first-order chi connectivity index (χ1) is 15.3. The summed E-state index contributed by atoms with van der Waals surface area (Å²) in [4.78, 5) is 23.5. The summed E-state index contributed by atoms with van der Waals surface area (Å²) in [5, 5.41) is 7.34. The van der Waals surface area contributed by atoms with E-state index in [0.29, 0.717) is 13.0 Å². The number of aromatic nitrogens is 2. The number of hydrogen-bond donors (Lipinski definition) is 2. The average molecular weight is 445 g/mol. The molecular weight excluding hydrogens is 416 g/mol. The minimum Gasteiger partial charge on any atom is -0.369 e. The van der Waals surface area contributed by atoms with E-state index in [9.17, 15) is 4.79 Å². The predicted molar refractivity (Wildman–Crippen MR) is 134 cm³/mol. The van der Waals surface area contributed by atoms with Crippen LogP contribution in [0.25, 0.3) is 21.3 Å². The van der Waals surface area contributed by atoms with Crippen molar-refractivity contribution >= 4 is 39.0 Å². The molecule has 32 heavy (non-hydrogen) atoms. The zero-order chi connectivity index (χ0) is 22.7. The number of hydrogen-bond acceptors (Lipinski definition) is 5. The van der Waals surface area contributed by atoms with E-state index < -0.39 is 0 Å². The molecule has 0 radical (unpaired) electrons. The number of carbonyl (C=O) groups excluding carboxylic acids is 1. The van der Waals surface area contributed by atoms with Crippen molar-refractivity contribution < 1.29 is 4.79 Å². The SMILES string of the molecule is Cc1sc2ncnc(NCCC(=O)Nc3ccc(C(C)(C)C)cc3)c2c1-c1ccccc1. The van der Waals surface area contributed by atoms with Crippen molar-refractivity contribution in [3.05, 3.63) is 71.4 Å². The van der Waals surface area contributed by atoms with Crippen LogP contribution in [0.5, 0.6) is 0 Å². The number of nitrogens with zero attached hydrogens (tertiary/aromatic N) is 2. The van der Waals surface area contributed by atoms with Gasteiger partial charge in [0.05, 0.1) is 5.39 Å². The number of aryl methyl sites for hydroxylation is 1. The molecule has 2 N–H and O–H groups in total. The number of fused-ring (bicyclic) bond motifs is 1. The third kappa shape index (κ3) is 4.81. The predicted octanol–water partition coefficient (Wildman–Crippen LogP) is 6.40. The van der Waals surface area contributed by atoms with Crippen LogP contribution in [0.4, 0.5) is 11.5 Å². The van der Waals surface area contributed by atoms with Gasteiger partial charge >= 0.3 is 0 Å². The standard InChI is InChI=1S/C26H28N4OS/c1-17-22(18-8-6-5-7-9-18)23-24(28-16-29-25(23)32-17)27-15-14-21(31)30-20-12-10-19(11-13-20)26(2,3)4/h5-13,16H,14-15H2,1-4H3,(H,30,31)(H,27,28,29). The quantitative estimate of drug-likeness (QED) is 0.361. The van der Waals surface area contributed by atoms with Gasteiger partial charge in [-0.1, -0.05) is 63.2 Å². The fourth-order valence-corrected chi connectivity index (χ4v) is 4.71. The van der Waals surface area contributed by atoms with Crippen LogP contribution >= 0.6 is 11.3 Å². The molecule has 4 rings (SSSR count). The molecule has 4 aromatic rings. The van der Waals surface area contributed by atoms with Crippen LogP contribution in [0.3, 0.4) is 0 Å². The highest BCUT2D eigenvalue weighted by atomic mass is 32.1. The van der Waals surface area contributed by atoms with E-state index in [2.05, 4.69) is 72.6 Å². The lowest BCUT2D eigenvalue weighted by Crippen LogP contribution is -2.17. The van der Waals surface area contributed by atoms with E-state index >= 15 is 0 Å². The second kappa shape index (κ2) is 9.09. The van der Waals surface area contributed by atoms with Crippen molar-refractivity contribution in [2.24, 2.45) is 0 Å². The molecule has 0 aliphatic heterocycles. The Bertz CT molecular complexity index is 1220. The molecule has 6 heteroatoms. The van der Waals surface area contributed by atoms with E-state index in [-0.39, 0.29) is 11.3 Å². The Morgan fingerprint density at radius 3 is 2.41 bits per heavy atom. The van der Waals surface area contributed by atoms with E-state index in [0.717, 1.165) is 32.8 Å². The van der Waals surface area contributed by atoms with Crippen LogP contribution in [0.2, 0.25) is 0 Å². The highest BCUT2D eigenvalue weighted by molar-refractivity contribution is 7.19. The zero-order valence-corrected chi connectivity index (χ0v) is 19.7.